The summed E-state index contributed by atoms with van der Waals surface area (Å²) in [4.78, 5) is 53.8. The van der Waals surface area contributed by atoms with Gasteiger partial charge in [0.2, 0.25) is 0 Å². The van der Waals surface area contributed by atoms with E-state index in [2.05, 4.69) is 27.7 Å². The molecule has 0 aliphatic heterocycles. The second kappa shape index (κ2) is 29.1. The van der Waals surface area contributed by atoms with Crippen molar-refractivity contribution in [3.8, 4) is 0 Å². The number of ketones is 3. The fraction of sp³-hybridized carbons (Fsp3) is 0.900. The molecule has 3 N–H and O–H groups in total. The average molecular weight is 683 g/mol. The number of carbonyl (C=O) groups excluding carboxylic acids is 4. The van der Waals surface area contributed by atoms with E-state index in [1.54, 1.807) is 0 Å². The fourth-order valence-corrected chi connectivity index (χ4v) is 6.30. The third-order valence-electron chi connectivity index (χ3n) is 9.69. The Morgan fingerprint density at radius 1 is 0.479 bits per heavy atom. The highest BCUT2D eigenvalue weighted by Crippen LogP contribution is 2.34. The van der Waals surface area contributed by atoms with Crippen LogP contribution in [0.2, 0.25) is 0 Å². The number of hydrogen-bond donors (Lipinski definition) is 3. The van der Waals surface area contributed by atoms with Crippen LogP contribution in [0, 0.1) is 0 Å². The lowest BCUT2D eigenvalue weighted by atomic mass is 9.70. The molecule has 3 unspecified atom stereocenters. The summed E-state index contributed by atoms with van der Waals surface area (Å²) >= 11 is 0. The van der Waals surface area contributed by atoms with Gasteiger partial charge in [0.05, 0.1) is 0 Å². The second-order valence-electron chi connectivity index (χ2n) is 14.1. The van der Waals surface area contributed by atoms with Crippen LogP contribution < -0.4 is 0 Å². The number of ether oxygens (including phenoxy) is 1. The zero-order chi connectivity index (χ0) is 36.1. The number of carbonyl (C=O) groups is 4. The first-order valence-electron chi connectivity index (χ1n) is 19.9. The highest BCUT2D eigenvalue weighted by atomic mass is 16.5. The van der Waals surface area contributed by atoms with Gasteiger partial charge < -0.3 is 20.1 Å². The fourth-order valence-electron chi connectivity index (χ4n) is 6.30. The highest BCUT2D eigenvalue weighted by molar-refractivity contribution is 6.04. The maximum absolute atomic E-state index is 13.9. The lowest BCUT2D eigenvalue weighted by Gasteiger charge is -2.43. The molecule has 3 atom stereocenters. The third-order valence-corrected chi connectivity index (χ3v) is 9.69. The molecule has 0 saturated carbocycles. The van der Waals surface area contributed by atoms with Crippen LogP contribution in [0.1, 0.15) is 207 Å². The molecule has 0 rings (SSSR count). The first kappa shape index (κ1) is 46.4. The molecule has 0 fully saturated rings. The summed E-state index contributed by atoms with van der Waals surface area (Å²) in [5, 5.41) is 35.6. The van der Waals surface area contributed by atoms with E-state index in [1.165, 1.54) is 0 Å². The normalized spacial score (nSPS) is 14.6. The Labute approximate surface area is 293 Å². The van der Waals surface area contributed by atoms with Crippen molar-refractivity contribution in [1.82, 2.24) is 0 Å². The standard InChI is InChI=1S/C40H74O8/c1-5-9-13-17-21-25-29-34(41)38(45)40(47,36(43)31-27-23-19-15-11-7-3)39(46,35(42)30-26-22-18-14-10-6-2)33-48-37(44)32-28-24-20-16-12-8-4/h38,45-47H,5-33H2,1-4H3. The molecule has 282 valence electrons. The molecule has 0 saturated heterocycles. The molecule has 0 aliphatic carbocycles. The number of aliphatic hydroxyl groups is 3. The zero-order valence-electron chi connectivity index (χ0n) is 31.5. The Bertz CT molecular complexity index is 858. The highest BCUT2D eigenvalue weighted by Gasteiger charge is 2.64. The Morgan fingerprint density at radius 3 is 1.23 bits per heavy atom. The quantitative estimate of drug-likeness (QED) is 0.0445. The van der Waals surface area contributed by atoms with Crippen LogP contribution >= 0.6 is 0 Å². The molecule has 0 aromatic heterocycles. The van der Waals surface area contributed by atoms with E-state index in [0.29, 0.717) is 38.5 Å². The number of rotatable bonds is 35. The Balaban J connectivity index is 6.10. The van der Waals surface area contributed by atoms with Crippen molar-refractivity contribution in [3.05, 3.63) is 0 Å². The molecule has 0 amide bonds. The van der Waals surface area contributed by atoms with Gasteiger partial charge in [-0.3, -0.25) is 19.2 Å². The van der Waals surface area contributed by atoms with Gasteiger partial charge in [-0.2, -0.15) is 0 Å². The summed E-state index contributed by atoms with van der Waals surface area (Å²) in [7, 11) is 0. The number of Topliss-reactive ketones (excluding diaryl/α,β-unsaturated/α-hetero) is 3. The van der Waals surface area contributed by atoms with Crippen LogP contribution in [-0.2, 0) is 23.9 Å². The van der Waals surface area contributed by atoms with E-state index in [-0.39, 0.29) is 25.7 Å². The van der Waals surface area contributed by atoms with Crippen LogP contribution in [0.3, 0.4) is 0 Å². The van der Waals surface area contributed by atoms with Crippen LogP contribution in [0.4, 0.5) is 0 Å². The van der Waals surface area contributed by atoms with Gasteiger partial charge in [0, 0.05) is 25.7 Å². The lowest BCUT2D eigenvalue weighted by molar-refractivity contribution is -0.217. The van der Waals surface area contributed by atoms with Crippen LogP contribution in [-0.4, -0.2) is 62.6 Å². The lowest BCUT2D eigenvalue weighted by Crippen LogP contribution is -2.72. The molecule has 0 aromatic carbocycles. The van der Waals surface area contributed by atoms with E-state index in [9.17, 15) is 34.5 Å². The van der Waals surface area contributed by atoms with Crippen molar-refractivity contribution >= 4 is 23.3 Å². The maximum atomic E-state index is 13.9. The summed E-state index contributed by atoms with van der Waals surface area (Å²) < 4.78 is 5.40. The van der Waals surface area contributed by atoms with Gasteiger partial charge in [-0.25, -0.2) is 0 Å². The largest absolute Gasteiger partial charge is 0.462 e. The molecule has 0 aliphatic rings. The maximum Gasteiger partial charge on any atom is 0.305 e. The summed E-state index contributed by atoms with van der Waals surface area (Å²) in [6, 6.07) is 0. The van der Waals surface area contributed by atoms with Crippen LogP contribution in [0.5, 0.6) is 0 Å². The van der Waals surface area contributed by atoms with Gasteiger partial charge in [0.1, 0.15) is 6.61 Å². The Kier molecular flexibility index (Phi) is 28.1. The van der Waals surface area contributed by atoms with E-state index >= 15 is 0 Å². The van der Waals surface area contributed by atoms with Crippen molar-refractivity contribution < 1.29 is 39.2 Å². The molecule has 0 aromatic rings. The molecule has 0 radical (unpaired) electrons. The third kappa shape index (κ3) is 18.4. The smallest absolute Gasteiger partial charge is 0.305 e. The molecular formula is C40H74O8. The minimum absolute atomic E-state index is 0.0669. The zero-order valence-corrected chi connectivity index (χ0v) is 31.5. The minimum atomic E-state index is -3.13. The van der Waals surface area contributed by atoms with E-state index in [4.69, 9.17) is 4.74 Å². The van der Waals surface area contributed by atoms with E-state index in [0.717, 1.165) is 116 Å². The molecule has 8 heteroatoms. The summed E-state index contributed by atoms with van der Waals surface area (Å²) in [5.41, 5.74) is -6.09. The van der Waals surface area contributed by atoms with Crippen molar-refractivity contribution in [2.24, 2.45) is 0 Å². The van der Waals surface area contributed by atoms with Crippen LogP contribution in [0.25, 0.3) is 0 Å². The summed E-state index contributed by atoms with van der Waals surface area (Å²) in [5.74, 6) is -3.31. The topological polar surface area (TPSA) is 138 Å². The second-order valence-corrected chi connectivity index (χ2v) is 14.1. The van der Waals surface area contributed by atoms with E-state index < -0.39 is 47.2 Å². The molecule has 0 spiro atoms. The first-order valence-corrected chi connectivity index (χ1v) is 19.9. The van der Waals surface area contributed by atoms with Crippen molar-refractivity contribution in [2.75, 3.05) is 6.61 Å². The van der Waals surface area contributed by atoms with Gasteiger partial charge in [-0.1, -0.05) is 156 Å². The monoisotopic (exact) mass is 683 g/mol. The van der Waals surface area contributed by atoms with Crippen molar-refractivity contribution in [3.63, 3.8) is 0 Å². The molecule has 8 nitrogen and oxygen atoms in total. The minimum Gasteiger partial charge on any atom is -0.462 e. The van der Waals surface area contributed by atoms with Gasteiger partial charge in [-0.05, 0) is 25.7 Å². The van der Waals surface area contributed by atoms with E-state index in [1.807, 2.05) is 0 Å². The van der Waals surface area contributed by atoms with Crippen LogP contribution in [0.15, 0.2) is 0 Å². The van der Waals surface area contributed by atoms with Crippen molar-refractivity contribution in [1.29, 1.82) is 0 Å². The van der Waals surface area contributed by atoms with Gasteiger partial charge in [0.25, 0.3) is 0 Å². The van der Waals surface area contributed by atoms with Gasteiger partial charge in [0.15, 0.2) is 34.7 Å². The predicted octanol–water partition coefficient (Wildman–Crippen LogP) is 9.06. The van der Waals surface area contributed by atoms with Gasteiger partial charge >= 0.3 is 5.97 Å². The number of esters is 1. The van der Waals surface area contributed by atoms with Gasteiger partial charge in [-0.15, -0.1) is 0 Å². The molecule has 0 bridgehead atoms. The number of unbranched alkanes of at least 4 members (excludes halogenated alkanes) is 20. The Morgan fingerprint density at radius 2 is 0.812 bits per heavy atom. The average Bonchev–Trinajstić information content (AvgIpc) is 3.08. The predicted molar refractivity (Wildman–Crippen MR) is 194 cm³/mol. The number of aliphatic hydroxyl groups excluding tert-OH is 1. The Hall–Kier alpha value is -1.64. The summed E-state index contributed by atoms with van der Waals surface area (Å²) in [6.07, 6.45) is 18.6. The first-order chi connectivity index (χ1) is 23.1. The summed E-state index contributed by atoms with van der Waals surface area (Å²) in [6.45, 7) is 7.47. The number of hydrogen-bond acceptors (Lipinski definition) is 8. The molecular weight excluding hydrogens is 608 g/mol. The molecule has 0 heterocycles. The van der Waals surface area contributed by atoms with Crippen molar-refractivity contribution in [2.45, 2.75) is 225 Å². The SMILES string of the molecule is CCCCCCCCC(=O)OCC(O)(C(=O)CCCCCCCC)C(O)(C(=O)CCCCCCCC)C(O)C(=O)CCCCCCCC. The molecule has 48 heavy (non-hydrogen) atoms.